The van der Waals surface area contributed by atoms with Crippen LogP contribution in [0.25, 0.3) is 0 Å². The maximum Gasteiger partial charge on any atom is 0.230 e. The van der Waals surface area contributed by atoms with Crippen LogP contribution in [0.3, 0.4) is 0 Å². The number of hydrogen-bond donors (Lipinski definition) is 1. The van der Waals surface area contributed by atoms with Crippen molar-refractivity contribution in [2.75, 3.05) is 18.1 Å². The van der Waals surface area contributed by atoms with Crippen LogP contribution in [0.4, 0.5) is 0 Å². The van der Waals surface area contributed by atoms with E-state index in [9.17, 15) is 13.2 Å². The van der Waals surface area contributed by atoms with Gasteiger partial charge in [0, 0.05) is 6.54 Å². The molecule has 2 aliphatic rings. The predicted molar refractivity (Wildman–Crippen MR) is 91.1 cm³/mol. The van der Waals surface area contributed by atoms with Gasteiger partial charge in [-0.1, -0.05) is 42.7 Å². The van der Waals surface area contributed by atoms with Crippen molar-refractivity contribution in [3.8, 4) is 0 Å². The van der Waals surface area contributed by atoms with Crippen LogP contribution in [0.15, 0.2) is 24.3 Å². The summed E-state index contributed by atoms with van der Waals surface area (Å²) in [5.74, 6) is 0.617. The highest BCUT2D eigenvalue weighted by Crippen LogP contribution is 2.41. The summed E-state index contributed by atoms with van der Waals surface area (Å²) >= 11 is 0. The fraction of sp³-hybridized carbons (Fsp3) is 0.611. The Kier molecular flexibility index (Phi) is 4.50. The topological polar surface area (TPSA) is 63.2 Å². The van der Waals surface area contributed by atoms with Gasteiger partial charge in [-0.15, -0.1) is 0 Å². The summed E-state index contributed by atoms with van der Waals surface area (Å²) in [6.07, 6.45) is 4.56. The van der Waals surface area contributed by atoms with Crippen molar-refractivity contribution < 1.29 is 13.2 Å². The molecule has 0 aromatic heterocycles. The zero-order chi connectivity index (χ0) is 16.5. The Morgan fingerprint density at radius 3 is 2.65 bits per heavy atom. The summed E-state index contributed by atoms with van der Waals surface area (Å²) in [4.78, 5) is 12.9. The SMILES string of the molecule is Cc1cccc(C2(C(=O)NCC3CCS(=O)(=O)C3)CCCC2)c1. The lowest BCUT2D eigenvalue weighted by atomic mass is 9.77. The first kappa shape index (κ1) is 16.5. The number of nitrogens with one attached hydrogen (secondary N) is 1. The summed E-state index contributed by atoms with van der Waals surface area (Å²) in [5.41, 5.74) is 1.85. The van der Waals surface area contributed by atoms with Gasteiger partial charge in [0.05, 0.1) is 16.9 Å². The summed E-state index contributed by atoms with van der Waals surface area (Å²) in [7, 11) is -2.89. The molecule has 1 aliphatic heterocycles. The molecule has 1 aliphatic carbocycles. The smallest absolute Gasteiger partial charge is 0.230 e. The third kappa shape index (κ3) is 3.44. The molecule has 126 valence electrons. The van der Waals surface area contributed by atoms with Crippen molar-refractivity contribution in [3.63, 3.8) is 0 Å². The standard InChI is InChI=1S/C18H25NO3S/c1-14-5-4-6-16(11-14)18(8-2-3-9-18)17(20)19-12-15-7-10-23(21,22)13-15/h4-6,11,15H,2-3,7-10,12-13H2,1H3,(H,19,20). The van der Waals surface area contributed by atoms with Crippen molar-refractivity contribution in [2.45, 2.75) is 44.4 Å². The highest BCUT2D eigenvalue weighted by atomic mass is 32.2. The lowest BCUT2D eigenvalue weighted by Gasteiger charge is -2.29. The molecule has 4 nitrogen and oxygen atoms in total. The van der Waals surface area contributed by atoms with E-state index in [1.165, 1.54) is 5.56 Å². The van der Waals surface area contributed by atoms with Crippen LogP contribution in [-0.2, 0) is 20.0 Å². The number of amides is 1. The van der Waals surface area contributed by atoms with Crippen molar-refractivity contribution in [2.24, 2.45) is 5.92 Å². The number of carbonyl (C=O) groups excluding carboxylic acids is 1. The van der Waals surface area contributed by atoms with E-state index in [0.29, 0.717) is 13.0 Å². The Hall–Kier alpha value is -1.36. The van der Waals surface area contributed by atoms with E-state index in [0.717, 1.165) is 31.2 Å². The Morgan fingerprint density at radius 1 is 1.30 bits per heavy atom. The predicted octanol–water partition coefficient (Wildman–Crippen LogP) is 2.36. The zero-order valence-corrected chi connectivity index (χ0v) is 14.5. The first-order valence-corrected chi connectivity index (χ1v) is 10.3. The lowest BCUT2D eigenvalue weighted by molar-refractivity contribution is -0.126. The summed E-state index contributed by atoms with van der Waals surface area (Å²) in [5, 5.41) is 3.06. The molecule has 1 heterocycles. The maximum atomic E-state index is 12.9. The van der Waals surface area contributed by atoms with Gasteiger partial charge in [0.25, 0.3) is 0 Å². The molecule has 23 heavy (non-hydrogen) atoms. The quantitative estimate of drug-likeness (QED) is 0.919. The first-order chi connectivity index (χ1) is 10.9. The minimum absolute atomic E-state index is 0.0694. The monoisotopic (exact) mass is 335 g/mol. The van der Waals surface area contributed by atoms with Crippen LogP contribution in [-0.4, -0.2) is 32.4 Å². The van der Waals surface area contributed by atoms with E-state index in [-0.39, 0.29) is 23.3 Å². The van der Waals surface area contributed by atoms with E-state index in [1.807, 2.05) is 19.1 Å². The van der Waals surface area contributed by atoms with E-state index in [2.05, 4.69) is 17.4 Å². The summed E-state index contributed by atoms with van der Waals surface area (Å²) in [6, 6.07) is 8.23. The Balaban J connectivity index is 1.72. The summed E-state index contributed by atoms with van der Waals surface area (Å²) < 4.78 is 23.1. The number of benzene rings is 1. The number of hydrogen-bond acceptors (Lipinski definition) is 3. The molecule has 1 aromatic rings. The van der Waals surface area contributed by atoms with E-state index in [4.69, 9.17) is 0 Å². The normalized spacial score (nSPS) is 25.3. The van der Waals surface area contributed by atoms with Crippen LogP contribution in [0.2, 0.25) is 0 Å². The van der Waals surface area contributed by atoms with Gasteiger partial charge in [-0.2, -0.15) is 0 Å². The van der Waals surface area contributed by atoms with E-state index >= 15 is 0 Å². The molecule has 1 aromatic carbocycles. The van der Waals surface area contributed by atoms with Crippen LogP contribution < -0.4 is 5.32 Å². The second kappa shape index (κ2) is 6.27. The average Bonchev–Trinajstić information content (AvgIpc) is 3.12. The van der Waals surface area contributed by atoms with Crippen molar-refractivity contribution in [3.05, 3.63) is 35.4 Å². The first-order valence-electron chi connectivity index (χ1n) is 8.47. The molecule has 5 heteroatoms. The van der Waals surface area contributed by atoms with Gasteiger partial charge in [0.1, 0.15) is 0 Å². The molecule has 1 atom stereocenters. The lowest BCUT2D eigenvalue weighted by Crippen LogP contribution is -2.44. The van der Waals surface area contributed by atoms with Crippen LogP contribution in [0, 0.1) is 12.8 Å². The Morgan fingerprint density at radius 2 is 2.04 bits per heavy atom. The van der Waals surface area contributed by atoms with Crippen molar-refractivity contribution in [1.82, 2.24) is 5.32 Å². The molecule has 1 saturated carbocycles. The van der Waals surface area contributed by atoms with Gasteiger partial charge in [0.2, 0.25) is 5.91 Å². The Bertz CT molecular complexity index is 690. The maximum absolute atomic E-state index is 12.9. The molecule has 1 unspecified atom stereocenters. The fourth-order valence-electron chi connectivity index (χ4n) is 4.01. The number of carbonyl (C=O) groups is 1. The van der Waals surface area contributed by atoms with Gasteiger partial charge in [-0.3, -0.25) is 4.79 Å². The minimum Gasteiger partial charge on any atom is -0.355 e. The fourth-order valence-corrected chi connectivity index (χ4v) is 5.87. The van der Waals surface area contributed by atoms with Crippen molar-refractivity contribution in [1.29, 1.82) is 0 Å². The number of sulfone groups is 1. The Labute approximate surface area is 138 Å². The molecular weight excluding hydrogens is 310 g/mol. The molecule has 0 spiro atoms. The van der Waals surface area contributed by atoms with Crippen LogP contribution in [0.1, 0.15) is 43.2 Å². The highest BCUT2D eigenvalue weighted by Gasteiger charge is 2.43. The van der Waals surface area contributed by atoms with Gasteiger partial charge >= 0.3 is 0 Å². The van der Waals surface area contributed by atoms with Gasteiger partial charge in [-0.25, -0.2) is 8.42 Å². The molecule has 0 radical (unpaired) electrons. The minimum atomic E-state index is -2.89. The molecule has 1 amide bonds. The third-order valence-electron chi connectivity index (χ3n) is 5.34. The van der Waals surface area contributed by atoms with Gasteiger partial charge in [-0.05, 0) is 37.7 Å². The van der Waals surface area contributed by atoms with Crippen LogP contribution >= 0.6 is 0 Å². The molecular formula is C18H25NO3S. The van der Waals surface area contributed by atoms with E-state index in [1.54, 1.807) is 0 Å². The molecule has 1 N–H and O–H groups in total. The van der Waals surface area contributed by atoms with Gasteiger partial charge in [0.15, 0.2) is 9.84 Å². The highest BCUT2D eigenvalue weighted by molar-refractivity contribution is 7.91. The summed E-state index contributed by atoms with van der Waals surface area (Å²) in [6.45, 7) is 2.53. The molecule has 3 rings (SSSR count). The third-order valence-corrected chi connectivity index (χ3v) is 7.18. The molecule has 1 saturated heterocycles. The molecule has 2 fully saturated rings. The number of rotatable bonds is 4. The van der Waals surface area contributed by atoms with Gasteiger partial charge < -0.3 is 5.32 Å². The largest absolute Gasteiger partial charge is 0.355 e. The van der Waals surface area contributed by atoms with Crippen molar-refractivity contribution >= 4 is 15.7 Å². The second-order valence-electron chi connectivity index (χ2n) is 7.14. The van der Waals surface area contributed by atoms with E-state index < -0.39 is 15.3 Å². The molecule has 0 bridgehead atoms. The van der Waals surface area contributed by atoms with Crippen LogP contribution in [0.5, 0.6) is 0 Å². The number of aryl methyl sites for hydroxylation is 1. The average molecular weight is 335 g/mol. The second-order valence-corrected chi connectivity index (χ2v) is 9.37. The zero-order valence-electron chi connectivity index (χ0n) is 13.7.